The second-order valence-corrected chi connectivity index (χ2v) is 7.94. The fourth-order valence-electron chi connectivity index (χ4n) is 2.65. The molecule has 0 aliphatic carbocycles. The molecule has 0 amide bonds. The van der Waals surface area contributed by atoms with Gasteiger partial charge in [-0.3, -0.25) is 4.99 Å². The minimum absolute atomic E-state index is 0. The highest BCUT2D eigenvalue weighted by molar-refractivity contribution is 14.0. The van der Waals surface area contributed by atoms with E-state index in [1.165, 1.54) is 10.6 Å². The molecule has 1 aliphatic rings. The van der Waals surface area contributed by atoms with E-state index in [0.29, 0.717) is 58.2 Å². The number of piperazine rings is 1. The summed E-state index contributed by atoms with van der Waals surface area (Å²) in [6, 6.07) is 1.57. The molecule has 162 valence electrons. The van der Waals surface area contributed by atoms with Crippen molar-refractivity contribution in [1.29, 1.82) is 0 Å². The summed E-state index contributed by atoms with van der Waals surface area (Å²) in [5, 5.41) is 6.93. The summed E-state index contributed by atoms with van der Waals surface area (Å²) in [6.07, 6.45) is 1.38. The van der Waals surface area contributed by atoms with Gasteiger partial charge < -0.3 is 24.2 Å². The number of sulfonamides is 1. The fourth-order valence-corrected chi connectivity index (χ4v) is 4.08. The van der Waals surface area contributed by atoms with Crippen LogP contribution in [0.3, 0.4) is 0 Å². The lowest BCUT2D eigenvalue weighted by molar-refractivity contribution is 0.0747. The molecule has 1 N–H and O–H groups in total. The number of hydrogen-bond acceptors (Lipinski definition) is 7. The van der Waals surface area contributed by atoms with Gasteiger partial charge in [-0.1, -0.05) is 5.16 Å². The summed E-state index contributed by atoms with van der Waals surface area (Å²) in [7, 11) is -1.77. The molecule has 1 aromatic rings. The average Bonchev–Trinajstić information content (AvgIpc) is 3.16. The molecule has 28 heavy (non-hydrogen) atoms. The molecule has 1 saturated heterocycles. The molecule has 0 saturated carbocycles. The van der Waals surface area contributed by atoms with Gasteiger partial charge in [0.25, 0.3) is 0 Å². The van der Waals surface area contributed by atoms with Gasteiger partial charge in [-0.15, -0.1) is 24.0 Å². The predicted octanol–water partition coefficient (Wildman–Crippen LogP) is 0.369. The van der Waals surface area contributed by atoms with Crippen LogP contribution in [0.1, 0.15) is 12.6 Å². The highest BCUT2D eigenvalue weighted by atomic mass is 127. The minimum Gasteiger partial charge on any atom is -0.382 e. The third kappa shape index (κ3) is 8.19. The summed E-state index contributed by atoms with van der Waals surface area (Å²) < 4.78 is 41.6. The van der Waals surface area contributed by atoms with Gasteiger partial charge in [-0.05, 0) is 6.92 Å². The van der Waals surface area contributed by atoms with Crippen molar-refractivity contribution in [2.24, 2.45) is 4.99 Å². The molecule has 2 rings (SSSR count). The molecule has 0 radical (unpaired) electrons. The van der Waals surface area contributed by atoms with Gasteiger partial charge in [0.15, 0.2) is 5.96 Å². The van der Waals surface area contributed by atoms with Crippen molar-refractivity contribution in [2.45, 2.75) is 12.7 Å². The SMILES string of the molecule is CCNC(=NCCOCCOC)N1CCN(S(=O)(=O)Cc2ccon2)CC1.I. The van der Waals surface area contributed by atoms with Crippen LogP contribution in [0, 0.1) is 0 Å². The quantitative estimate of drug-likeness (QED) is 0.200. The van der Waals surface area contributed by atoms with E-state index < -0.39 is 10.0 Å². The summed E-state index contributed by atoms with van der Waals surface area (Å²) in [5.41, 5.74) is 0.417. The van der Waals surface area contributed by atoms with Crippen LogP contribution in [0.2, 0.25) is 0 Å². The molecule has 0 spiro atoms. The first kappa shape index (κ1) is 25.1. The van der Waals surface area contributed by atoms with E-state index in [9.17, 15) is 8.42 Å². The van der Waals surface area contributed by atoms with E-state index in [4.69, 9.17) is 14.0 Å². The van der Waals surface area contributed by atoms with Crippen LogP contribution in [0.25, 0.3) is 0 Å². The fraction of sp³-hybridized carbons (Fsp3) is 0.750. The molecular weight excluding hydrogens is 501 g/mol. The van der Waals surface area contributed by atoms with Crippen molar-refractivity contribution in [1.82, 2.24) is 19.7 Å². The van der Waals surface area contributed by atoms with Gasteiger partial charge in [-0.2, -0.15) is 4.31 Å². The number of aliphatic imine (C=N–C) groups is 1. The van der Waals surface area contributed by atoms with Gasteiger partial charge in [0.2, 0.25) is 10.0 Å². The second kappa shape index (κ2) is 13.3. The van der Waals surface area contributed by atoms with Gasteiger partial charge >= 0.3 is 0 Å². The van der Waals surface area contributed by atoms with E-state index in [0.717, 1.165) is 12.5 Å². The van der Waals surface area contributed by atoms with Crippen molar-refractivity contribution in [3.63, 3.8) is 0 Å². The molecule has 1 aromatic heterocycles. The number of halogens is 1. The van der Waals surface area contributed by atoms with Crippen molar-refractivity contribution in [3.8, 4) is 0 Å². The Morgan fingerprint density at radius 1 is 1.29 bits per heavy atom. The van der Waals surface area contributed by atoms with Crippen molar-refractivity contribution >= 4 is 40.0 Å². The van der Waals surface area contributed by atoms with E-state index >= 15 is 0 Å². The van der Waals surface area contributed by atoms with Crippen LogP contribution < -0.4 is 5.32 Å². The topological polar surface area (TPSA) is 110 Å². The molecular formula is C16H30IN5O5S. The van der Waals surface area contributed by atoms with Crippen LogP contribution in [0.4, 0.5) is 0 Å². The Morgan fingerprint density at radius 3 is 2.64 bits per heavy atom. The number of ether oxygens (including phenoxy) is 2. The molecule has 0 aromatic carbocycles. The zero-order valence-electron chi connectivity index (χ0n) is 16.4. The lowest BCUT2D eigenvalue weighted by atomic mass is 10.4. The largest absolute Gasteiger partial charge is 0.382 e. The maximum atomic E-state index is 12.5. The zero-order chi connectivity index (χ0) is 19.5. The summed E-state index contributed by atoms with van der Waals surface area (Å²) in [5.74, 6) is 0.637. The monoisotopic (exact) mass is 531 g/mol. The molecule has 1 aliphatic heterocycles. The van der Waals surface area contributed by atoms with Crippen LogP contribution in [-0.4, -0.2) is 94.9 Å². The van der Waals surface area contributed by atoms with Crippen LogP contribution in [0.5, 0.6) is 0 Å². The first-order chi connectivity index (χ1) is 13.1. The first-order valence-electron chi connectivity index (χ1n) is 9.04. The number of guanidine groups is 1. The number of methoxy groups -OCH3 is 1. The molecule has 12 heteroatoms. The Hall–Kier alpha value is -0.960. The van der Waals surface area contributed by atoms with Crippen LogP contribution in [0.15, 0.2) is 21.8 Å². The maximum Gasteiger partial charge on any atom is 0.220 e. The normalized spacial score (nSPS) is 16.1. The molecule has 10 nitrogen and oxygen atoms in total. The maximum absolute atomic E-state index is 12.5. The Kier molecular flexibility index (Phi) is 11.9. The van der Waals surface area contributed by atoms with Crippen LogP contribution >= 0.6 is 24.0 Å². The summed E-state index contributed by atoms with van der Waals surface area (Å²) in [4.78, 5) is 6.63. The van der Waals surface area contributed by atoms with Crippen molar-refractivity contribution in [2.75, 3.05) is 66.2 Å². The van der Waals surface area contributed by atoms with Gasteiger partial charge in [0.1, 0.15) is 12.0 Å². The highest BCUT2D eigenvalue weighted by Gasteiger charge is 2.28. The Morgan fingerprint density at radius 2 is 2.04 bits per heavy atom. The first-order valence-corrected chi connectivity index (χ1v) is 10.6. The second-order valence-electron chi connectivity index (χ2n) is 5.97. The summed E-state index contributed by atoms with van der Waals surface area (Å²) >= 11 is 0. The lowest BCUT2D eigenvalue weighted by Gasteiger charge is -2.35. The molecule has 0 atom stereocenters. The van der Waals surface area contributed by atoms with Crippen LogP contribution in [-0.2, 0) is 25.2 Å². The third-order valence-corrected chi connectivity index (χ3v) is 5.83. The molecule has 1 fully saturated rings. The molecule has 0 unspecified atom stereocenters. The standard InChI is InChI=1S/C16H29N5O5S.HI/c1-3-17-16(18-5-11-25-13-12-24-2)20-6-8-21(9-7-20)27(22,23)14-15-4-10-26-19-15;/h4,10H,3,5-9,11-14H2,1-2H3,(H,17,18);1H. The Balaban J connectivity index is 0.00000392. The van der Waals surface area contributed by atoms with E-state index in [2.05, 4.69) is 20.4 Å². The minimum atomic E-state index is -3.41. The smallest absolute Gasteiger partial charge is 0.220 e. The van der Waals surface area contributed by atoms with E-state index in [1.54, 1.807) is 13.2 Å². The number of hydrogen-bond donors (Lipinski definition) is 1. The van der Waals surface area contributed by atoms with Crippen molar-refractivity contribution < 1.29 is 22.4 Å². The van der Waals surface area contributed by atoms with Gasteiger partial charge in [-0.25, -0.2) is 8.42 Å². The molecule has 2 heterocycles. The number of aromatic nitrogens is 1. The predicted molar refractivity (Wildman–Crippen MR) is 116 cm³/mol. The van der Waals surface area contributed by atoms with Crippen molar-refractivity contribution in [3.05, 3.63) is 18.0 Å². The van der Waals surface area contributed by atoms with Gasteiger partial charge in [0, 0.05) is 45.9 Å². The zero-order valence-corrected chi connectivity index (χ0v) is 19.5. The number of nitrogens with one attached hydrogen (secondary N) is 1. The van der Waals surface area contributed by atoms with E-state index in [1.807, 2.05) is 6.92 Å². The average molecular weight is 531 g/mol. The Labute approximate surface area is 183 Å². The highest BCUT2D eigenvalue weighted by Crippen LogP contribution is 2.12. The third-order valence-electron chi connectivity index (χ3n) is 4.02. The Bertz CT molecular complexity index is 663. The molecule has 0 bridgehead atoms. The number of nitrogens with zero attached hydrogens (tertiary/aromatic N) is 4. The van der Waals surface area contributed by atoms with E-state index in [-0.39, 0.29) is 29.7 Å². The summed E-state index contributed by atoms with van der Waals surface area (Å²) in [6.45, 7) is 6.89. The number of rotatable bonds is 10. The van der Waals surface area contributed by atoms with Gasteiger partial charge in [0.05, 0.1) is 32.1 Å². The lowest BCUT2D eigenvalue weighted by Crippen LogP contribution is -2.54.